The van der Waals surface area contributed by atoms with Gasteiger partial charge in [-0.15, -0.1) is 10.2 Å². The van der Waals surface area contributed by atoms with Crippen molar-refractivity contribution in [2.45, 2.75) is 0 Å². The lowest BCUT2D eigenvalue weighted by atomic mass is 10.2. The Morgan fingerprint density at radius 1 is 1.47 bits per heavy atom. The molecule has 2 rings (SSSR count). The molecule has 96 valence electrons. The lowest BCUT2D eigenvalue weighted by Crippen LogP contribution is -2.11. The number of anilines is 2. The predicted octanol–water partition coefficient (Wildman–Crippen LogP) is 2.36. The Balaban J connectivity index is 2.17. The number of rotatable bonds is 3. The smallest absolute Gasteiger partial charge is 0.286 e. The van der Waals surface area contributed by atoms with Gasteiger partial charge in [-0.3, -0.25) is 4.79 Å². The quantitative estimate of drug-likeness (QED) is 0.906. The number of halogens is 1. The first-order chi connectivity index (χ1) is 9.13. The van der Waals surface area contributed by atoms with E-state index in [9.17, 15) is 4.79 Å². The van der Waals surface area contributed by atoms with E-state index in [1.54, 1.807) is 19.2 Å². The molecular weight excluding hydrogens is 286 g/mol. The maximum Gasteiger partial charge on any atom is 0.286 e. The van der Waals surface area contributed by atoms with E-state index in [0.29, 0.717) is 21.4 Å². The van der Waals surface area contributed by atoms with E-state index in [4.69, 9.17) is 16.9 Å². The molecule has 0 fully saturated rings. The van der Waals surface area contributed by atoms with E-state index in [1.807, 2.05) is 6.07 Å². The van der Waals surface area contributed by atoms with Crippen molar-refractivity contribution in [2.24, 2.45) is 0 Å². The third-order valence-electron chi connectivity index (χ3n) is 2.18. The van der Waals surface area contributed by atoms with Crippen molar-refractivity contribution in [2.75, 3.05) is 17.7 Å². The van der Waals surface area contributed by atoms with Crippen LogP contribution in [0.1, 0.15) is 15.4 Å². The third-order valence-corrected chi connectivity index (χ3v) is 3.43. The molecular formula is C11H8ClN5OS. The number of carbonyl (C=O) groups excluding carboxylic acids is 1. The highest BCUT2D eigenvalue weighted by Crippen LogP contribution is 2.24. The van der Waals surface area contributed by atoms with Gasteiger partial charge in [-0.1, -0.05) is 22.9 Å². The second-order valence-electron chi connectivity index (χ2n) is 3.42. The Hall–Kier alpha value is -2.17. The molecule has 0 atom stereocenters. The summed E-state index contributed by atoms with van der Waals surface area (Å²) in [6.45, 7) is 0. The molecule has 0 saturated carbocycles. The van der Waals surface area contributed by atoms with Crippen molar-refractivity contribution in [3.63, 3.8) is 0 Å². The van der Waals surface area contributed by atoms with Crippen molar-refractivity contribution in [3.8, 4) is 6.07 Å². The Labute approximate surface area is 118 Å². The predicted molar refractivity (Wildman–Crippen MR) is 73.6 cm³/mol. The van der Waals surface area contributed by atoms with Gasteiger partial charge < -0.3 is 10.6 Å². The van der Waals surface area contributed by atoms with E-state index in [1.165, 1.54) is 6.07 Å². The summed E-state index contributed by atoms with van der Waals surface area (Å²) in [7, 11) is 1.69. The number of benzene rings is 1. The van der Waals surface area contributed by atoms with Gasteiger partial charge in [0.25, 0.3) is 5.91 Å². The monoisotopic (exact) mass is 293 g/mol. The molecule has 2 N–H and O–H groups in total. The maximum absolute atomic E-state index is 11.9. The molecule has 0 unspecified atom stereocenters. The molecule has 19 heavy (non-hydrogen) atoms. The summed E-state index contributed by atoms with van der Waals surface area (Å²) in [5.41, 5.74) is 0.850. The molecule has 0 aliphatic carbocycles. The molecule has 0 radical (unpaired) electrons. The fourth-order valence-electron chi connectivity index (χ4n) is 1.28. The number of hydrogen-bond acceptors (Lipinski definition) is 6. The van der Waals surface area contributed by atoms with Gasteiger partial charge in [0.2, 0.25) is 10.1 Å². The lowest BCUT2D eigenvalue weighted by Gasteiger charge is -2.04. The molecule has 1 aromatic heterocycles. The second-order valence-corrected chi connectivity index (χ2v) is 4.81. The number of nitrogens with one attached hydrogen (secondary N) is 2. The zero-order chi connectivity index (χ0) is 13.8. The topological polar surface area (TPSA) is 90.7 Å². The summed E-state index contributed by atoms with van der Waals surface area (Å²) in [6.07, 6.45) is 0. The van der Waals surface area contributed by atoms with E-state index < -0.39 is 5.91 Å². The molecule has 1 aromatic carbocycles. The molecule has 0 aliphatic rings. The molecule has 0 spiro atoms. The average molecular weight is 294 g/mol. The van der Waals surface area contributed by atoms with Gasteiger partial charge in [-0.05, 0) is 18.2 Å². The van der Waals surface area contributed by atoms with Crippen LogP contribution in [0.4, 0.5) is 10.8 Å². The molecule has 8 heteroatoms. The molecule has 0 aliphatic heterocycles. The van der Waals surface area contributed by atoms with Crippen LogP contribution in [0.2, 0.25) is 5.02 Å². The van der Waals surface area contributed by atoms with Crippen molar-refractivity contribution in [1.82, 2.24) is 10.2 Å². The van der Waals surface area contributed by atoms with Gasteiger partial charge in [0.1, 0.15) is 0 Å². The van der Waals surface area contributed by atoms with Crippen molar-refractivity contribution < 1.29 is 4.79 Å². The van der Waals surface area contributed by atoms with Crippen molar-refractivity contribution in [1.29, 1.82) is 5.26 Å². The molecule has 0 bridgehead atoms. The maximum atomic E-state index is 11.9. The zero-order valence-electron chi connectivity index (χ0n) is 9.77. The van der Waals surface area contributed by atoms with Crippen LogP contribution >= 0.6 is 22.9 Å². The third kappa shape index (κ3) is 2.99. The van der Waals surface area contributed by atoms with Gasteiger partial charge in [0.15, 0.2) is 0 Å². The summed E-state index contributed by atoms with van der Waals surface area (Å²) >= 11 is 7.09. The minimum atomic E-state index is -0.398. The highest BCUT2D eigenvalue weighted by Gasteiger charge is 2.14. The van der Waals surface area contributed by atoms with Gasteiger partial charge in [-0.2, -0.15) is 5.26 Å². The van der Waals surface area contributed by atoms with Gasteiger partial charge in [0.05, 0.1) is 22.3 Å². The number of nitrogens with zero attached hydrogens (tertiary/aromatic N) is 3. The lowest BCUT2D eigenvalue weighted by molar-refractivity contribution is 0.102. The zero-order valence-corrected chi connectivity index (χ0v) is 11.3. The largest absolute Gasteiger partial charge is 0.363 e. The highest BCUT2D eigenvalue weighted by atomic mass is 35.5. The average Bonchev–Trinajstić information content (AvgIpc) is 2.90. The summed E-state index contributed by atoms with van der Waals surface area (Å²) in [5, 5.41) is 22.7. The normalized spacial score (nSPS) is 9.74. The van der Waals surface area contributed by atoms with Gasteiger partial charge in [0, 0.05) is 7.05 Å². The van der Waals surface area contributed by atoms with E-state index in [0.717, 1.165) is 11.3 Å². The van der Waals surface area contributed by atoms with Crippen LogP contribution < -0.4 is 10.6 Å². The van der Waals surface area contributed by atoms with E-state index >= 15 is 0 Å². The van der Waals surface area contributed by atoms with E-state index in [2.05, 4.69) is 20.8 Å². The SMILES string of the molecule is CNc1nnc(C(=O)Nc2ccc(C#N)cc2Cl)s1. The fourth-order valence-corrected chi connectivity index (χ4v) is 2.10. The first-order valence-corrected chi connectivity index (χ1v) is 6.35. The molecule has 6 nitrogen and oxygen atoms in total. The minimum Gasteiger partial charge on any atom is -0.363 e. The number of carbonyl (C=O) groups is 1. The molecule has 0 saturated heterocycles. The fraction of sp³-hybridized carbons (Fsp3) is 0.0909. The van der Waals surface area contributed by atoms with Crippen LogP contribution in [-0.4, -0.2) is 23.2 Å². The van der Waals surface area contributed by atoms with Crippen LogP contribution in [0.15, 0.2) is 18.2 Å². The molecule has 2 aromatic rings. The van der Waals surface area contributed by atoms with Crippen LogP contribution in [0, 0.1) is 11.3 Å². The Morgan fingerprint density at radius 2 is 2.26 bits per heavy atom. The second kappa shape index (κ2) is 5.65. The Morgan fingerprint density at radius 3 is 2.84 bits per heavy atom. The molecule has 1 heterocycles. The minimum absolute atomic E-state index is 0.227. The van der Waals surface area contributed by atoms with Crippen molar-refractivity contribution >= 4 is 39.7 Å². The summed E-state index contributed by atoms with van der Waals surface area (Å²) in [5.74, 6) is -0.398. The molecule has 1 amide bonds. The number of amides is 1. The first-order valence-electron chi connectivity index (χ1n) is 5.16. The number of nitriles is 1. The number of aromatic nitrogens is 2. The van der Waals surface area contributed by atoms with E-state index in [-0.39, 0.29) is 5.01 Å². The van der Waals surface area contributed by atoms with Crippen LogP contribution in [0.3, 0.4) is 0 Å². The van der Waals surface area contributed by atoms with Crippen molar-refractivity contribution in [3.05, 3.63) is 33.8 Å². The van der Waals surface area contributed by atoms with Crippen LogP contribution in [0.25, 0.3) is 0 Å². The summed E-state index contributed by atoms with van der Waals surface area (Å²) < 4.78 is 0. The van der Waals surface area contributed by atoms with Gasteiger partial charge >= 0.3 is 0 Å². The standard InChI is InChI=1S/C11H8ClN5OS/c1-14-11-17-16-10(19-11)9(18)15-8-3-2-6(5-13)4-7(8)12/h2-4H,1H3,(H,14,17)(H,15,18). The Bertz CT molecular complexity index is 663. The highest BCUT2D eigenvalue weighted by molar-refractivity contribution is 7.17. The number of hydrogen-bond donors (Lipinski definition) is 2. The first kappa shape index (κ1) is 13.3. The summed E-state index contributed by atoms with van der Waals surface area (Å²) in [4.78, 5) is 11.9. The van der Waals surface area contributed by atoms with Crippen LogP contribution in [-0.2, 0) is 0 Å². The van der Waals surface area contributed by atoms with Crippen LogP contribution in [0.5, 0.6) is 0 Å². The summed E-state index contributed by atoms with van der Waals surface area (Å²) in [6, 6.07) is 6.59. The van der Waals surface area contributed by atoms with Gasteiger partial charge in [-0.25, -0.2) is 0 Å². The Kier molecular flexibility index (Phi) is 3.94.